The van der Waals surface area contributed by atoms with Crippen LogP contribution in [0.25, 0.3) is 0 Å². The Morgan fingerprint density at radius 2 is 2.19 bits per heavy atom. The average Bonchev–Trinajstić information content (AvgIpc) is 2.78. The molecule has 1 fully saturated rings. The minimum atomic E-state index is -0.164. The van der Waals surface area contributed by atoms with E-state index in [9.17, 15) is 9.59 Å². The topological polar surface area (TPSA) is 65.5 Å². The van der Waals surface area contributed by atoms with Gasteiger partial charge in [-0.2, -0.15) is 0 Å². The molecule has 0 atom stereocenters. The second-order valence-electron chi connectivity index (χ2n) is 5.26. The number of urea groups is 1. The quantitative estimate of drug-likeness (QED) is 0.869. The molecule has 3 amide bonds. The van der Waals surface area contributed by atoms with E-state index in [1.165, 1.54) is 5.01 Å². The van der Waals surface area contributed by atoms with Crippen molar-refractivity contribution in [1.29, 1.82) is 0 Å². The van der Waals surface area contributed by atoms with Gasteiger partial charge in [-0.15, -0.1) is 0 Å². The normalized spacial score (nSPS) is 14.7. The van der Waals surface area contributed by atoms with Crippen LogP contribution in [-0.4, -0.2) is 39.9 Å². The maximum absolute atomic E-state index is 12.2. The number of unbranched alkanes of at least 4 members (excludes halogenated alkanes) is 1. The fourth-order valence-electron chi connectivity index (χ4n) is 2.26. The fraction of sp³-hybridized carbons (Fsp3) is 0.533. The number of rotatable bonds is 6. The summed E-state index contributed by atoms with van der Waals surface area (Å²) < 4.78 is 0. The summed E-state index contributed by atoms with van der Waals surface area (Å²) in [5, 5.41) is 1.40. The van der Waals surface area contributed by atoms with Gasteiger partial charge in [0, 0.05) is 18.7 Å². The van der Waals surface area contributed by atoms with Gasteiger partial charge in [0.15, 0.2) is 0 Å². The third-order valence-electron chi connectivity index (χ3n) is 3.41. The highest BCUT2D eigenvalue weighted by molar-refractivity contribution is 5.82. The summed E-state index contributed by atoms with van der Waals surface area (Å²) in [6, 6.07) is 5.60. The van der Waals surface area contributed by atoms with E-state index in [0.717, 1.165) is 24.2 Å². The van der Waals surface area contributed by atoms with E-state index in [2.05, 4.69) is 10.4 Å². The second kappa shape index (κ2) is 7.06. The lowest BCUT2D eigenvalue weighted by atomic mass is 10.2. The lowest BCUT2D eigenvalue weighted by Gasteiger charge is -2.19. The van der Waals surface area contributed by atoms with Crippen LogP contribution in [0.2, 0.25) is 0 Å². The molecule has 1 N–H and O–H groups in total. The zero-order chi connectivity index (χ0) is 15.2. The van der Waals surface area contributed by atoms with E-state index >= 15 is 0 Å². The van der Waals surface area contributed by atoms with Gasteiger partial charge in [0.1, 0.15) is 0 Å². The number of hydrogen-bond donors (Lipinski definition) is 1. The molecule has 21 heavy (non-hydrogen) atoms. The Bertz CT molecular complexity index is 518. The van der Waals surface area contributed by atoms with Crippen LogP contribution < -0.4 is 5.43 Å². The molecule has 6 heteroatoms. The number of hydrogen-bond acceptors (Lipinski definition) is 3. The van der Waals surface area contributed by atoms with Gasteiger partial charge < -0.3 is 4.90 Å². The maximum Gasteiger partial charge on any atom is 0.339 e. The molecule has 6 nitrogen and oxygen atoms in total. The lowest BCUT2D eigenvalue weighted by molar-refractivity contribution is -0.124. The van der Waals surface area contributed by atoms with Gasteiger partial charge in [0.25, 0.3) is 0 Å². The summed E-state index contributed by atoms with van der Waals surface area (Å²) in [5.41, 5.74) is 4.47. The summed E-state index contributed by atoms with van der Waals surface area (Å²) in [4.78, 5) is 30.0. The first-order valence-corrected chi connectivity index (χ1v) is 7.38. The Morgan fingerprint density at radius 3 is 2.90 bits per heavy atom. The van der Waals surface area contributed by atoms with Crippen molar-refractivity contribution in [3.8, 4) is 0 Å². The molecule has 0 radical (unpaired) electrons. The number of hydrazine groups is 1. The van der Waals surface area contributed by atoms with Crippen molar-refractivity contribution in [3.63, 3.8) is 0 Å². The fourth-order valence-corrected chi connectivity index (χ4v) is 2.26. The minimum Gasteiger partial charge on any atom is -0.315 e. The van der Waals surface area contributed by atoms with Gasteiger partial charge in [-0.1, -0.05) is 19.4 Å². The summed E-state index contributed by atoms with van der Waals surface area (Å²) in [6.45, 7) is 5.55. The number of aryl methyl sites for hydroxylation is 1. The lowest BCUT2D eigenvalue weighted by Crippen LogP contribution is -2.44. The maximum atomic E-state index is 12.2. The van der Waals surface area contributed by atoms with Crippen molar-refractivity contribution < 1.29 is 9.59 Å². The summed E-state index contributed by atoms with van der Waals surface area (Å²) in [6.07, 6.45) is 2.26. The molecular formula is C15H22N4O2. The Kier molecular flexibility index (Phi) is 5.14. The van der Waals surface area contributed by atoms with Crippen molar-refractivity contribution in [2.45, 2.75) is 39.7 Å². The zero-order valence-corrected chi connectivity index (χ0v) is 12.6. The van der Waals surface area contributed by atoms with Crippen LogP contribution >= 0.6 is 0 Å². The Hall–Kier alpha value is -2.11. The largest absolute Gasteiger partial charge is 0.339 e. The van der Waals surface area contributed by atoms with Crippen LogP contribution in [0.4, 0.5) is 4.79 Å². The number of nitrogens with one attached hydrogen (secondary N) is 1. The molecule has 0 aromatic carbocycles. The molecule has 0 unspecified atom stereocenters. The molecule has 2 heterocycles. The zero-order valence-electron chi connectivity index (χ0n) is 12.6. The molecule has 0 bridgehead atoms. The van der Waals surface area contributed by atoms with E-state index in [0.29, 0.717) is 26.1 Å². The first-order chi connectivity index (χ1) is 10.1. The SMILES string of the molecule is CCCCC(=O)NN1CCN(Cc2cccc(C)n2)C1=O. The van der Waals surface area contributed by atoms with Crippen LogP contribution in [0.15, 0.2) is 18.2 Å². The van der Waals surface area contributed by atoms with Gasteiger partial charge in [-0.25, -0.2) is 9.80 Å². The van der Waals surface area contributed by atoms with Gasteiger partial charge in [-0.3, -0.25) is 15.2 Å². The van der Waals surface area contributed by atoms with Crippen molar-refractivity contribution >= 4 is 11.9 Å². The van der Waals surface area contributed by atoms with Crippen molar-refractivity contribution in [3.05, 3.63) is 29.6 Å². The number of nitrogens with zero attached hydrogens (tertiary/aromatic N) is 3. The molecule has 0 spiro atoms. The molecule has 0 aliphatic carbocycles. The van der Waals surface area contributed by atoms with Crippen molar-refractivity contribution in [2.75, 3.05) is 13.1 Å². The van der Waals surface area contributed by atoms with E-state index in [-0.39, 0.29) is 11.9 Å². The predicted octanol–water partition coefficient (Wildman–Crippen LogP) is 1.85. The Morgan fingerprint density at radius 1 is 1.38 bits per heavy atom. The number of pyridine rings is 1. The standard InChI is InChI=1S/C15H22N4O2/c1-3-4-8-14(20)17-19-10-9-18(15(19)21)11-13-7-5-6-12(2)16-13/h5-7H,3-4,8-11H2,1-2H3,(H,17,20). The van der Waals surface area contributed by atoms with E-state index < -0.39 is 0 Å². The summed E-state index contributed by atoms with van der Waals surface area (Å²) in [5.74, 6) is -0.0965. The molecular weight excluding hydrogens is 268 g/mol. The highest BCUT2D eigenvalue weighted by Gasteiger charge is 2.29. The number of aromatic nitrogens is 1. The van der Waals surface area contributed by atoms with E-state index in [1.54, 1.807) is 4.90 Å². The second-order valence-corrected chi connectivity index (χ2v) is 5.26. The van der Waals surface area contributed by atoms with Crippen molar-refractivity contribution in [1.82, 2.24) is 20.3 Å². The van der Waals surface area contributed by atoms with Crippen LogP contribution in [0, 0.1) is 6.92 Å². The first kappa shape index (κ1) is 15.3. The summed E-state index contributed by atoms with van der Waals surface area (Å²) >= 11 is 0. The molecule has 1 aliphatic rings. The number of carbonyl (C=O) groups is 2. The minimum absolute atomic E-state index is 0.0965. The third kappa shape index (κ3) is 4.18. The molecule has 114 valence electrons. The van der Waals surface area contributed by atoms with Crippen LogP contribution in [0.3, 0.4) is 0 Å². The number of carbonyl (C=O) groups excluding carboxylic acids is 2. The van der Waals surface area contributed by atoms with Crippen LogP contribution in [-0.2, 0) is 11.3 Å². The first-order valence-electron chi connectivity index (χ1n) is 7.38. The molecule has 1 aromatic heterocycles. The Labute approximate surface area is 125 Å². The number of amides is 3. The van der Waals surface area contributed by atoms with Gasteiger partial charge in [0.05, 0.1) is 18.8 Å². The molecule has 0 saturated carbocycles. The monoisotopic (exact) mass is 290 g/mol. The highest BCUT2D eigenvalue weighted by atomic mass is 16.2. The smallest absolute Gasteiger partial charge is 0.315 e. The van der Waals surface area contributed by atoms with Gasteiger partial charge in [-0.05, 0) is 25.5 Å². The van der Waals surface area contributed by atoms with Crippen LogP contribution in [0.5, 0.6) is 0 Å². The van der Waals surface area contributed by atoms with Crippen LogP contribution in [0.1, 0.15) is 37.6 Å². The molecule has 1 aromatic rings. The van der Waals surface area contributed by atoms with Gasteiger partial charge >= 0.3 is 6.03 Å². The molecule has 2 rings (SSSR count). The van der Waals surface area contributed by atoms with Gasteiger partial charge in [0.2, 0.25) is 5.91 Å². The summed E-state index contributed by atoms with van der Waals surface area (Å²) in [7, 11) is 0. The predicted molar refractivity (Wildman–Crippen MR) is 79.2 cm³/mol. The Balaban J connectivity index is 1.88. The van der Waals surface area contributed by atoms with E-state index in [4.69, 9.17) is 0 Å². The van der Waals surface area contributed by atoms with E-state index in [1.807, 2.05) is 32.0 Å². The third-order valence-corrected chi connectivity index (χ3v) is 3.41. The highest BCUT2D eigenvalue weighted by Crippen LogP contribution is 2.11. The molecule has 1 saturated heterocycles. The average molecular weight is 290 g/mol. The molecule has 1 aliphatic heterocycles. The van der Waals surface area contributed by atoms with Crippen molar-refractivity contribution in [2.24, 2.45) is 0 Å².